The Morgan fingerprint density at radius 3 is 2.40 bits per heavy atom. The molecule has 1 atom stereocenters. The van der Waals surface area contributed by atoms with Crippen LogP contribution in [-0.4, -0.2) is 32.3 Å². The highest BCUT2D eigenvalue weighted by atomic mass is 35.5. The SMILES string of the molecule is CCCOCN(C(=O)C(Cl)[Si](C)(C)C)c1ccccc1. The number of hydrogen-bond acceptors (Lipinski definition) is 2. The maximum Gasteiger partial charge on any atom is 0.243 e. The number of nitrogens with zero attached hydrogens (tertiary/aromatic N) is 1. The minimum Gasteiger partial charge on any atom is -0.361 e. The third-order valence-electron chi connectivity index (χ3n) is 2.88. The van der Waals surface area contributed by atoms with Crippen LogP contribution in [0.5, 0.6) is 0 Å². The van der Waals surface area contributed by atoms with Gasteiger partial charge in [-0.1, -0.05) is 44.8 Å². The lowest BCUT2D eigenvalue weighted by Gasteiger charge is -2.29. The number of para-hydroxylation sites is 1. The zero-order valence-electron chi connectivity index (χ0n) is 12.7. The number of benzene rings is 1. The Labute approximate surface area is 127 Å². The van der Waals surface area contributed by atoms with Crippen molar-refractivity contribution in [1.82, 2.24) is 0 Å². The molecule has 1 unspecified atom stereocenters. The lowest BCUT2D eigenvalue weighted by molar-refractivity contribution is -0.118. The molecule has 3 nitrogen and oxygen atoms in total. The molecule has 0 aromatic heterocycles. The maximum absolute atomic E-state index is 12.6. The van der Waals surface area contributed by atoms with Gasteiger partial charge >= 0.3 is 0 Å². The Bertz CT molecular complexity index is 420. The van der Waals surface area contributed by atoms with E-state index in [1.807, 2.05) is 37.3 Å². The number of carbonyl (C=O) groups excluding carboxylic acids is 1. The van der Waals surface area contributed by atoms with Crippen molar-refractivity contribution in [2.45, 2.75) is 38.0 Å². The lowest BCUT2D eigenvalue weighted by Crippen LogP contribution is -2.49. The van der Waals surface area contributed by atoms with Crippen LogP contribution in [0.15, 0.2) is 30.3 Å². The molecule has 0 N–H and O–H groups in total. The number of rotatable bonds is 7. The number of anilines is 1. The van der Waals surface area contributed by atoms with Gasteiger partial charge in [-0.2, -0.15) is 0 Å². The number of alkyl halides is 1. The van der Waals surface area contributed by atoms with Gasteiger partial charge in [-0.15, -0.1) is 11.6 Å². The van der Waals surface area contributed by atoms with E-state index in [1.54, 1.807) is 4.90 Å². The molecule has 0 radical (unpaired) electrons. The van der Waals surface area contributed by atoms with E-state index in [0.717, 1.165) is 12.1 Å². The van der Waals surface area contributed by atoms with Crippen LogP contribution in [0.3, 0.4) is 0 Å². The summed E-state index contributed by atoms with van der Waals surface area (Å²) >= 11 is 6.38. The highest BCUT2D eigenvalue weighted by Gasteiger charge is 2.34. The minimum absolute atomic E-state index is 0.0619. The Kier molecular flexibility index (Phi) is 6.72. The normalized spacial score (nSPS) is 13.1. The van der Waals surface area contributed by atoms with Crippen molar-refractivity contribution >= 4 is 31.3 Å². The van der Waals surface area contributed by atoms with Gasteiger partial charge in [-0.05, 0) is 18.6 Å². The molecule has 0 aliphatic carbocycles. The van der Waals surface area contributed by atoms with E-state index in [-0.39, 0.29) is 12.6 Å². The number of amides is 1. The summed E-state index contributed by atoms with van der Waals surface area (Å²) in [6.45, 7) is 9.22. The predicted octanol–water partition coefficient (Wildman–Crippen LogP) is 3.89. The average Bonchev–Trinajstić information content (AvgIpc) is 2.42. The highest BCUT2D eigenvalue weighted by molar-refractivity contribution is 6.88. The van der Waals surface area contributed by atoms with Crippen LogP contribution < -0.4 is 4.90 Å². The lowest BCUT2D eigenvalue weighted by atomic mass is 10.3. The summed E-state index contributed by atoms with van der Waals surface area (Å²) in [5.74, 6) is -0.0619. The van der Waals surface area contributed by atoms with Crippen molar-refractivity contribution in [3.8, 4) is 0 Å². The fourth-order valence-electron chi connectivity index (χ4n) is 1.68. The van der Waals surface area contributed by atoms with Crippen LogP contribution in [0.2, 0.25) is 19.6 Å². The molecule has 0 bridgehead atoms. The largest absolute Gasteiger partial charge is 0.361 e. The second-order valence-corrected chi connectivity index (χ2v) is 12.0. The van der Waals surface area contributed by atoms with E-state index < -0.39 is 13.1 Å². The van der Waals surface area contributed by atoms with E-state index in [1.165, 1.54) is 0 Å². The summed E-state index contributed by atoms with van der Waals surface area (Å²) < 4.78 is 5.55. The molecular formula is C15H24ClNO2Si. The molecule has 1 rings (SSSR count). The quantitative estimate of drug-likeness (QED) is 0.331. The molecule has 0 aliphatic rings. The van der Waals surface area contributed by atoms with Crippen molar-refractivity contribution in [3.05, 3.63) is 30.3 Å². The maximum atomic E-state index is 12.6. The molecule has 0 saturated heterocycles. The smallest absolute Gasteiger partial charge is 0.243 e. The fraction of sp³-hybridized carbons (Fsp3) is 0.533. The Balaban J connectivity index is 2.90. The molecule has 20 heavy (non-hydrogen) atoms. The summed E-state index contributed by atoms with van der Waals surface area (Å²) in [7, 11) is -1.75. The van der Waals surface area contributed by atoms with Crippen LogP contribution in [-0.2, 0) is 9.53 Å². The van der Waals surface area contributed by atoms with E-state index in [2.05, 4.69) is 19.6 Å². The molecule has 5 heteroatoms. The summed E-state index contributed by atoms with van der Waals surface area (Å²) in [4.78, 5) is 14.3. The van der Waals surface area contributed by atoms with Crippen molar-refractivity contribution in [2.75, 3.05) is 18.2 Å². The highest BCUT2D eigenvalue weighted by Crippen LogP contribution is 2.21. The minimum atomic E-state index is -1.75. The monoisotopic (exact) mass is 313 g/mol. The molecule has 0 heterocycles. The van der Waals surface area contributed by atoms with Crippen LogP contribution in [0.1, 0.15) is 13.3 Å². The van der Waals surface area contributed by atoms with Gasteiger partial charge in [0.05, 0.1) is 8.07 Å². The third-order valence-corrected chi connectivity index (χ3v) is 6.80. The number of carbonyl (C=O) groups is 1. The second kappa shape index (κ2) is 7.81. The standard InChI is InChI=1S/C15H24ClNO2Si/c1-5-11-19-12-17(13-9-7-6-8-10-13)15(18)14(16)20(2,3)4/h6-10,14H,5,11-12H2,1-4H3. The summed E-state index contributed by atoms with van der Waals surface area (Å²) in [5.41, 5.74) is 0.831. The predicted molar refractivity (Wildman–Crippen MR) is 88.0 cm³/mol. The van der Waals surface area contributed by atoms with Gasteiger partial charge in [0.25, 0.3) is 0 Å². The first-order valence-corrected chi connectivity index (χ1v) is 11.0. The molecule has 1 aromatic carbocycles. The van der Waals surface area contributed by atoms with Crippen molar-refractivity contribution in [1.29, 1.82) is 0 Å². The zero-order chi connectivity index (χ0) is 15.2. The molecule has 0 aliphatic heterocycles. The van der Waals surface area contributed by atoms with Crippen LogP contribution in [0.4, 0.5) is 5.69 Å². The van der Waals surface area contributed by atoms with Crippen LogP contribution in [0.25, 0.3) is 0 Å². The molecule has 1 aromatic rings. The summed E-state index contributed by atoms with van der Waals surface area (Å²) in [6.07, 6.45) is 0.926. The molecule has 0 fully saturated rings. The molecular weight excluding hydrogens is 290 g/mol. The molecule has 1 amide bonds. The molecule has 0 saturated carbocycles. The first kappa shape index (κ1) is 17.2. The molecule has 0 spiro atoms. The number of ether oxygens (including phenoxy) is 1. The van der Waals surface area contributed by atoms with Crippen LogP contribution in [0, 0.1) is 0 Å². The van der Waals surface area contributed by atoms with E-state index in [4.69, 9.17) is 16.3 Å². The zero-order valence-corrected chi connectivity index (χ0v) is 14.5. The summed E-state index contributed by atoms with van der Waals surface area (Å²) in [6, 6.07) is 9.55. The number of hydrogen-bond donors (Lipinski definition) is 0. The first-order chi connectivity index (χ1) is 9.38. The third kappa shape index (κ3) is 4.92. The van der Waals surface area contributed by atoms with Gasteiger partial charge < -0.3 is 4.74 Å². The summed E-state index contributed by atoms with van der Waals surface area (Å²) in [5, 5.41) is -0.451. The van der Waals surface area contributed by atoms with E-state index in [0.29, 0.717) is 6.61 Å². The van der Waals surface area contributed by atoms with Gasteiger partial charge in [0.15, 0.2) is 0 Å². The van der Waals surface area contributed by atoms with E-state index in [9.17, 15) is 4.79 Å². The topological polar surface area (TPSA) is 29.5 Å². The van der Waals surface area contributed by atoms with Gasteiger partial charge in [-0.3, -0.25) is 9.69 Å². The fourth-order valence-corrected chi connectivity index (χ4v) is 2.70. The first-order valence-electron chi connectivity index (χ1n) is 6.96. The van der Waals surface area contributed by atoms with Gasteiger partial charge in [-0.25, -0.2) is 0 Å². The van der Waals surface area contributed by atoms with Crippen LogP contribution >= 0.6 is 11.6 Å². The second-order valence-electron chi connectivity index (χ2n) is 5.87. The average molecular weight is 314 g/mol. The van der Waals surface area contributed by atoms with Crippen molar-refractivity contribution < 1.29 is 9.53 Å². The Hall–Kier alpha value is -0.843. The van der Waals surface area contributed by atoms with Gasteiger partial charge in [0.2, 0.25) is 5.91 Å². The molecule has 112 valence electrons. The van der Waals surface area contributed by atoms with E-state index >= 15 is 0 Å². The van der Waals surface area contributed by atoms with Gasteiger partial charge in [0, 0.05) is 12.3 Å². The number of halogens is 1. The Morgan fingerprint density at radius 1 is 1.30 bits per heavy atom. The van der Waals surface area contributed by atoms with Gasteiger partial charge in [0.1, 0.15) is 11.7 Å². The van der Waals surface area contributed by atoms with Crippen molar-refractivity contribution in [3.63, 3.8) is 0 Å². The van der Waals surface area contributed by atoms with Crippen molar-refractivity contribution in [2.24, 2.45) is 0 Å². The Morgan fingerprint density at radius 2 is 1.90 bits per heavy atom.